The molecule has 0 bridgehead atoms. The monoisotopic (exact) mass is 240 g/mol. The molecule has 0 aromatic rings. The van der Waals surface area contributed by atoms with E-state index >= 15 is 0 Å². The number of carboxylic acid groups (broad SMARTS) is 1. The molecule has 17 heavy (non-hydrogen) atoms. The van der Waals surface area contributed by atoms with Crippen molar-refractivity contribution in [3.8, 4) is 0 Å². The number of hydrogen-bond donors (Lipinski definition) is 3. The van der Waals surface area contributed by atoms with E-state index in [9.17, 15) is 9.59 Å². The average Bonchev–Trinajstić information content (AvgIpc) is 2.78. The highest BCUT2D eigenvalue weighted by Gasteiger charge is 2.19. The van der Waals surface area contributed by atoms with Gasteiger partial charge in [0.05, 0.1) is 6.54 Å². The van der Waals surface area contributed by atoms with E-state index < -0.39 is 12.0 Å². The molecular formula is C12H20N2O3. The molecule has 1 unspecified atom stereocenters. The summed E-state index contributed by atoms with van der Waals surface area (Å²) in [6, 6.07) is -0.464. The van der Waals surface area contributed by atoms with Gasteiger partial charge in [0, 0.05) is 6.04 Å². The fraction of sp³-hybridized carbons (Fsp3) is 0.667. The van der Waals surface area contributed by atoms with E-state index in [1.165, 1.54) is 18.9 Å². The van der Waals surface area contributed by atoms with E-state index in [1.54, 1.807) is 0 Å². The summed E-state index contributed by atoms with van der Waals surface area (Å²) in [6.45, 7) is 3.66. The second-order valence-corrected chi connectivity index (χ2v) is 4.34. The van der Waals surface area contributed by atoms with Crippen LogP contribution in [0.25, 0.3) is 0 Å². The molecule has 0 saturated heterocycles. The summed E-state index contributed by atoms with van der Waals surface area (Å²) in [7, 11) is 0. The molecule has 0 spiro atoms. The van der Waals surface area contributed by atoms with Crippen molar-refractivity contribution in [1.82, 2.24) is 10.6 Å². The lowest BCUT2D eigenvalue weighted by atomic mass is 10.2. The molecule has 0 aliphatic heterocycles. The zero-order valence-electron chi connectivity index (χ0n) is 9.95. The van der Waals surface area contributed by atoms with Crippen molar-refractivity contribution in [2.24, 2.45) is 0 Å². The van der Waals surface area contributed by atoms with Crippen LogP contribution in [0.5, 0.6) is 0 Å². The number of amides is 1. The quantitative estimate of drug-likeness (QED) is 0.571. The van der Waals surface area contributed by atoms with E-state index in [2.05, 4.69) is 17.2 Å². The van der Waals surface area contributed by atoms with E-state index in [-0.39, 0.29) is 18.9 Å². The van der Waals surface area contributed by atoms with Crippen LogP contribution in [-0.2, 0) is 9.59 Å². The van der Waals surface area contributed by atoms with Gasteiger partial charge >= 0.3 is 5.97 Å². The fourth-order valence-corrected chi connectivity index (χ4v) is 2.00. The molecule has 1 fully saturated rings. The van der Waals surface area contributed by atoms with Gasteiger partial charge in [0.1, 0.15) is 6.04 Å². The Labute approximate surface area is 101 Å². The molecule has 1 saturated carbocycles. The van der Waals surface area contributed by atoms with Gasteiger partial charge in [0.15, 0.2) is 0 Å². The van der Waals surface area contributed by atoms with Gasteiger partial charge in [-0.1, -0.05) is 18.9 Å². The zero-order valence-corrected chi connectivity index (χ0v) is 9.95. The number of carbonyl (C=O) groups is 2. The number of rotatable bonds is 7. The van der Waals surface area contributed by atoms with Gasteiger partial charge in [-0.25, -0.2) is 4.79 Å². The van der Waals surface area contributed by atoms with Gasteiger partial charge in [-0.15, -0.1) is 6.58 Å². The van der Waals surface area contributed by atoms with Crippen molar-refractivity contribution >= 4 is 11.9 Å². The molecule has 0 radical (unpaired) electrons. The molecule has 1 rings (SSSR count). The smallest absolute Gasteiger partial charge is 0.326 e. The summed E-state index contributed by atoms with van der Waals surface area (Å²) in [6.07, 6.45) is 6.33. The third-order valence-electron chi connectivity index (χ3n) is 2.94. The SMILES string of the molecule is C=CCC(NC(=O)CNC1CCCC1)C(=O)O. The number of carboxylic acids is 1. The summed E-state index contributed by atoms with van der Waals surface area (Å²) in [5.74, 6) is -1.30. The average molecular weight is 240 g/mol. The maximum Gasteiger partial charge on any atom is 0.326 e. The van der Waals surface area contributed by atoms with Crippen LogP contribution in [0.15, 0.2) is 12.7 Å². The molecule has 1 aliphatic rings. The fourth-order valence-electron chi connectivity index (χ4n) is 2.00. The summed E-state index contributed by atoms with van der Waals surface area (Å²) in [5.41, 5.74) is 0. The lowest BCUT2D eigenvalue weighted by Crippen LogP contribution is -2.45. The van der Waals surface area contributed by atoms with Crippen molar-refractivity contribution in [1.29, 1.82) is 0 Å². The molecule has 0 aromatic carbocycles. The topological polar surface area (TPSA) is 78.4 Å². The summed E-state index contributed by atoms with van der Waals surface area (Å²) in [4.78, 5) is 22.3. The predicted molar refractivity (Wildman–Crippen MR) is 64.6 cm³/mol. The molecule has 1 atom stereocenters. The summed E-state index contributed by atoms with van der Waals surface area (Å²) in [5, 5.41) is 14.5. The molecule has 96 valence electrons. The minimum Gasteiger partial charge on any atom is -0.480 e. The van der Waals surface area contributed by atoms with Gasteiger partial charge in [-0.05, 0) is 19.3 Å². The van der Waals surface area contributed by atoms with E-state index in [4.69, 9.17) is 5.11 Å². The minimum atomic E-state index is -1.03. The van der Waals surface area contributed by atoms with Gasteiger partial charge in [0.25, 0.3) is 0 Å². The van der Waals surface area contributed by atoms with Crippen LogP contribution in [0.4, 0.5) is 0 Å². The lowest BCUT2D eigenvalue weighted by molar-refractivity contribution is -0.141. The highest BCUT2D eigenvalue weighted by Crippen LogP contribution is 2.17. The first-order valence-corrected chi connectivity index (χ1v) is 6.00. The molecule has 0 heterocycles. The van der Waals surface area contributed by atoms with Crippen molar-refractivity contribution < 1.29 is 14.7 Å². The number of nitrogens with one attached hydrogen (secondary N) is 2. The Kier molecular flexibility index (Phi) is 5.69. The Morgan fingerprint density at radius 3 is 2.59 bits per heavy atom. The number of carbonyl (C=O) groups excluding carboxylic acids is 1. The number of hydrogen-bond acceptors (Lipinski definition) is 3. The zero-order chi connectivity index (χ0) is 12.7. The third kappa shape index (κ3) is 4.99. The van der Waals surface area contributed by atoms with Gasteiger partial charge < -0.3 is 15.7 Å². The van der Waals surface area contributed by atoms with E-state index in [0.29, 0.717) is 6.04 Å². The Hall–Kier alpha value is -1.36. The first kappa shape index (κ1) is 13.7. The standard InChI is InChI=1S/C12H20N2O3/c1-2-5-10(12(16)17)14-11(15)8-13-9-6-3-4-7-9/h2,9-10,13H,1,3-8H2,(H,14,15)(H,16,17). The van der Waals surface area contributed by atoms with Crippen LogP contribution < -0.4 is 10.6 Å². The van der Waals surface area contributed by atoms with Crippen LogP contribution in [0, 0.1) is 0 Å². The molecule has 5 nitrogen and oxygen atoms in total. The Morgan fingerprint density at radius 2 is 2.06 bits per heavy atom. The first-order chi connectivity index (χ1) is 8.13. The van der Waals surface area contributed by atoms with Crippen LogP contribution in [0.3, 0.4) is 0 Å². The summed E-state index contributed by atoms with van der Waals surface area (Å²) < 4.78 is 0. The predicted octanol–water partition coefficient (Wildman–Crippen LogP) is 0.664. The molecule has 5 heteroatoms. The second-order valence-electron chi connectivity index (χ2n) is 4.34. The minimum absolute atomic E-state index is 0.186. The molecular weight excluding hydrogens is 220 g/mol. The van der Waals surface area contributed by atoms with Crippen LogP contribution >= 0.6 is 0 Å². The first-order valence-electron chi connectivity index (χ1n) is 6.00. The molecule has 1 aliphatic carbocycles. The maximum absolute atomic E-state index is 11.5. The lowest BCUT2D eigenvalue weighted by Gasteiger charge is -2.15. The van der Waals surface area contributed by atoms with Crippen molar-refractivity contribution in [2.75, 3.05) is 6.54 Å². The van der Waals surface area contributed by atoms with Gasteiger partial charge in [-0.3, -0.25) is 4.79 Å². The molecule has 0 aromatic heterocycles. The highest BCUT2D eigenvalue weighted by atomic mass is 16.4. The Morgan fingerprint density at radius 1 is 1.41 bits per heavy atom. The highest BCUT2D eigenvalue weighted by molar-refractivity contribution is 5.84. The van der Waals surface area contributed by atoms with Gasteiger partial charge in [-0.2, -0.15) is 0 Å². The van der Waals surface area contributed by atoms with Gasteiger partial charge in [0.2, 0.25) is 5.91 Å². The summed E-state index contributed by atoms with van der Waals surface area (Å²) >= 11 is 0. The van der Waals surface area contributed by atoms with Crippen molar-refractivity contribution in [2.45, 2.75) is 44.2 Å². The van der Waals surface area contributed by atoms with Crippen molar-refractivity contribution in [3.63, 3.8) is 0 Å². The Bertz CT molecular complexity index is 285. The largest absolute Gasteiger partial charge is 0.480 e. The van der Waals surface area contributed by atoms with Crippen LogP contribution in [-0.4, -0.2) is 35.6 Å². The van der Waals surface area contributed by atoms with E-state index in [1.807, 2.05) is 0 Å². The second kappa shape index (κ2) is 7.06. The van der Waals surface area contributed by atoms with Crippen molar-refractivity contribution in [3.05, 3.63) is 12.7 Å². The molecule has 1 amide bonds. The number of aliphatic carboxylic acids is 1. The molecule has 3 N–H and O–H groups in total. The van der Waals surface area contributed by atoms with E-state index in [0.717, 1.165) is 12.8 Å². The Balaban J connectivity index is 2.26. The van der Waals surface area contributed by atoms with Crippen LogP contribution in [0.1, 0.15) is 32.1 Å². The normalized spacial score (nSPS) is 17.6. The maximum atomic E-state index is 11.5. The van der Waals surface area contributed by atoms with Crippen LogP contribution in [0.2, 0.25) is 0 Å². The third-order valence-corrected chi connectivity index (χ3v) is 2.94.